The van der Waals surface area contributed by atoms with Crippen LogP contribution in [-0.4, -0.2) is 21.3 Å². The quantitative estimate of drug-likeness (QED) is 0.729. The molecule has 0 fully saturated rings. The lowest BCUT2D eigenvalue weighted by molar-refractivity contribution is 0.409. The maximum Gasteiger partial charge on any atom is 0.198 e. The number of hydrogen-bond acceptors (Lipinski definition) is 3. The molecule has 4 nitrogen and oxygen atoms in total. The predicted octanol–water partition coefficient (Wildman–Crippen LogP) is 4.15. The number of hydrogen-bond donors (Lipinski definition) is 1. The van der Waals surface area contributed by atoms with Gasteiger partial charge in [-0.15, -0.1) is 0 Å². The first-order valence-electron chi connectivity index (χ1n) is 8.29. The molecule has 124 valence electrons. The van der Waals surface area contributed by atoms with Crippen molar-refractivity contribution in [2.24, 2.45) is 0 Å². The van der Waals surface area contributed by atoms with Crippen LogP contribution >= 0.6 is 0 Å². The van der Waals surface area contributed by atoms with E-state index in [1.807, 2.05) is 36.4 Å². The molecule has 0 spiro atoms. The zero-order valence-electron chi connectivity index (χ0n) is 13.6. The number of imidazole rings is 1. The Bertz CT molecular complexity index is 870. The number of aromatic amines is 1. The van der Waals surface area contributed by atoms with Gasteiger partial charge >= 0.3 is 0 Å². The summed E-state index contributed by atoms with van der Waals surface area (Å²) in [6, 6.07) is 13.9. The largest absolute Gasteiger partial charge is 0.496 e. The van der Waals surface area contributed by atoms with Crippen LogP contribution in [0.4, 0.5) is 0 Å². The molecule has 1 N–H and O–H groups in total. The number of benzene rings is 2. The molecule has 0 radical (unpaired) electrons. The van der Waals surface area contributed by atoms with Gasteiger partial charge in [0.25, 0.3) is 0 Å². The minimum absolute atomic E-state index is 0.0434. The van der Waals surface area contributed by atoms with Crippen molar-refractivity contribution in [3.05, 3.63) is 53.6 Å². The van der Waals surface area contributed by atoms with Crippen LogP contribution in [0.15, 0.2) is 47.6 Å². The zero-order valence-corrected chi connectivity index (χ0v) is 14.4. The van der Waals surface area contributed by atoms with Crippen LogP contribution < -0.4 is 4.74 Å². The molecule has 0 amide bonds. The zero-order chi connectivity index (χ0) is 16.5. The maximum absolute atomic E-state index is 13.3. The first-order valence-corrected chi connectivity index (χ1v) is 9.50. The van der Waals surface area contributed by atoms with Crippen LogP contribution in [0.2, 0.25) is 0 Å². The highest BCUT2D eigenvalue weighted by Crippen LogP contribution is 2.38. The molecule has 2 atom stereocenters. The van der Waals surface area contributed by atoms with Crippen molar-refractivity contribution >= 4 is 21.8 Å². The summed E-state index contributed by atoms with van der Waals surface area (Å²) in [4.78, 5) is 7.78. The van der Waals surface area contributed by atoms with E-state index in [0.717, 1.165) is 48.0 Å². The number of ether oxygens (including phenoxy) is 1. The molecular formula is C19H20N2O2S. The normalized spacial score (nSPS) is 18.8. The first-order chi connectivity index (χ1) is 11.8. The third kappa shape index (κ3) is 2.63. The number of rotatable bonds is 3. The van der Waals surface area contributed by atoms with Gasteiger partial charge in [-0.2, -0.15) is 0 Å². The number of aromatic nitrogens is 2. The molecule has 3 aromatic rings. The molecule has 5 heteroatoms. The second kappa shape index (κ2) is 6.40. The molecule has 1 aliphatic carbocycles. The van der Waals surface area contributed by atoms with Crippen molar-refractivity contribution in [3.8, 4) is 5.75 Å². The van der Waals surface area contributed by atoms with E-state index < -0.39 is 10.8 Å². The lowest BCUT2D eigenvalue weighted by Gasteiger charge is -2.17. The Morgan fingerprint density at radius 1 is 1.17 bits per heavy atom. The van der Waals surface area contributed by atoms with Gasteiger partial charge in [0, 0.05) is 0 Å². The van der Waals surface area contributed by atoms with Gasteiger partial charge in [-0.05, 0) is 48.6 Å². The van der Waals surface area contributed by atoms with Crippen LogP contribution in [0.25, 0.3) is 11.0 Å². The minimum atomic E-state index is -1.21. The van der Waals surface area contributed by atoms with Crippen LogP contribution in [0.1, 0.15) is 35.6 Å². The summed E-state index contributed by atoms with van der Waals surface area (Å²) in [5.41, 5.74) is 4.14. The fraction of sp³-hybridized carbons (Fsp3) is 0.316. The molecule has 0 aliphatic heterocycles. The van der Waals surface area contributed by atoms with Gasteiger partial charge in [0.05, 0.1) is 34.2 Å². The SMILES string of the molecule is COc1cccc2c1CCCCC2S(=O)c1nc2ccccc2[nH]1. The Morgan fingerprint density at radius 2 is 2.04 bits per heavy atom. The first kappa shape index (κ1) is 15.4. The molecule has 0 saturated heterocycles. The smallest absolute Gasteiger partial charge is 0.198 e. The summed E-state index contributed by atoms with van der Waals surface area (Å²) in [7, 11) is 0.493. The number of methoxy groups -OCH3 is 1. The van der Waals surface area contributed by atoms with Crippen molar-refractivity contribution < 1.29 is 8.95 Å². The van der Waals surface area contributed by atoms with Gasteiger partial charge < -0.3 is 9.72 Å². The van der Waals surface area contributed by atoms with E-state index >= 15 is 0 Å². The van der Waals surface area contributed by atoms with Crippen molar-refractivity contribution in [1.82, 2.24) is 9.97 Å². The monoisotopic (exact) mass is 340 g/mol. The number of fused-ring (bicyclic) bond motifs is 2. The van der Waals surface area contributed by atoms with Gasteiger partial charge in [-0.25, -0.2) is 4.98 Å². The van der Waals surface area contributed by atoms with Gasteiger partial charge in [0.1, 0.15) is 5.75 Å². The van der Waals surface area contributed by atoms with E-state index in [-0.39, 0.29) is 5.25 Å². The highest BCUT2D eigenvalue weighted by Gasteiger charge is 2.28. The molecule has 1 aromatic heterocycles. The predicted molar refractivity (Wildman–Crippen MR) is 95.8 cm³/mol. The number of H-pyrrole nitrogens is 1. The summed E-state index contributed by atoms with van der Waals surface area (Å²) in [5.74, 6) is 0.904. The van der Waals surface area contributed by atoms with E-state index in [1.54, 1.807) is 7.11 Å². The Labute approximate surface area is 143 Å². The molecule has 24 heavy (non-hydrogen) atoms. The van der Waals surface area contributed by atoms with Crippen LogP contribution in [0.5, 0.6) is 5.75 Å². The Morgan fingerprint density at radius 3 is 2.88 bits per heavy atom. The highest BCUT2D eigenvalue weighted by molar-refractivity contribution is 7.85. The van der Waals surface area contributed by atoms with E-state index in [0.29, 0.717) is 5.16 Å². The number of nitrogens with one attached hydrogen (secondary N) is 1. The molecule has 0 saturated carbocycles. The van der Waals surface area contributed by atoms with Crippen LogP contribution in [0, 0.1) is 0 Å². The van der Waals surface area contributed by atoms with Gasteiger partial charge in [0.2, 0.25) is 0 Å². The Balaban J connectivity index is 1.77. The van der Waals surface area contributed by atoms with Gasteiger partial charge in [-0.3, -0.25) is 4.21 Å². The van der Waals surface area contributed by atoms with Crippen molar-refractivity contribution in [3.63, 3.8) is 0 Å². The average Bonchev–Trinajstić information content (AvgIpc) is 2.93. The van der Waals surface area contributed by atoms with E-state index in [2.05, 4.69) is 16.0 Å². The number of para-hydroxylation sites is 2. The minimum Gasteiger partial charge on any atom is -0.496 e. The molecule has 4 rings (SSSR count). The summed E-state index contributed by atoms with van der Waals surface area (Å²) >= 11 is 0. The molecule has 1 aliphatic rings. The van der Waals surface area contributed by atoms with Gasteiger partial charge in [0.15, 0.2) is 5.16 Å². The summed E-state index contributed by atoms with van der Waals surface area (Å²) in [6.45, 7) is 0. The standard InChI is InChI=1S/C19H20N2O2S/c1-23-17-11-6-8-14-13(17)7-2-5-12-18(14)24(22)19-20-15-9-3-4-10-16(15)21-19/h3-4,6,8-11,18H,2,5,7,12H2,1H3,(H,20,21). The lowest BCUT2D eigenvalue weighted by Crippen LogP contribution is -2.10. The highest BCUT2D eigenvalue weighted by atomic mass is 32.2. The summed E-state index contributed by atoms with van der Waals surface area (Å²) in [5, 5.41) is 0.523. The van der Waals surface area contributed by atoms with Crippen LogP contribution in [0.3, 0.4) is 0 Å². The van der Waals surface area contributed by atoms with E-state index in [4.69, 9.17) is 4.74 Å². The Hall–Kier alpha value is -2.14. The second-order valence-electron chi connectivity index (χ2n) is 6.12. The van der Waals surface area contributed by atoms with E-state index in [1.165, 1.54) is 5.56 Å². The Kier molecular flexibility index (Phi) is 4.10. The fourth-order valence-electron chi connectivity index (χ4n) is 3.51. The summed E-state index contributed by atoms with van der Waals surface area (Å²) in [6.07, 6.45) is 4.05. The summed E-state index contributed by atoms with van der Waals surface area (Å²) < 4.78 is 18.8. The topological polar surface area (TPSA) is 55.0 Å². The molecule has 2 unspecified atom stereocenters. The molecule has 0 bridgehead atoms. The third-order valence-electron chi connectivity index (χ3n) is 4.70. The van der Waals surface area contributed by atoms with Gasteiger partial charge in [-0.1, -0.05) is 30.7 Å². The fourth-order valence-corrected chi connectivity index (χ4v) is 5.01. The van der Waals surface area contributed by atoms with E-state index in [9.17, 15) is 4.21 Å². The maximum atomic E-state index is 13.3. The number of nitrogens with zero attached hydrogens (tertiary/aromatic N) is 1. The van der Waals surface area contributed by atoms with Crippen molar-refractivity contribution in [2.75, 3.05) is 7.11 Å². The van der Waals surface area contributed by atoms with Crippen molar-refractivity contribution in [2.45, 2.75) is 36.1 Å². The molecule has 1 heterocycles. The lowest BCUT2D eigenvalue weighted by atomic mass is 10.0. The van der Waals surface area contributed by atoms with Crippen molar-refractivity contribution in [1.29, 1.82) is 0 Å². The molecule has 2 aromatic carbocycles. The average molecular weight is 340 g/mol. The third-order valence-corrected chi connectivity index (χ3v) is 6.28. The second-order valence-corrected chi connectivity index (χ2v) is 7.67. The van der Waals surface area contributed by atoms with Crippen LogP contribution in [-0.2, 0) is 17.2 Å². The molecular weight excluding hydrogens is 320 g/mol.